The average molecular weight is 386 g/mol. The highest BCUT2D eigenvalue weighted by Crippen LogP contribution is 2.30. The highest BCUT2D eigenvalue weighted by Gasteiger charge is 2.34. The molecule has 0 bridgehead atoms. The smallest absolute Gasteiger partial charge is 0.211 e. The van der Waals surface area contributed by atoms with E-state index >= 15 is 0 Å². The summed E-state index contributed by atoms with van der Waals surface area (Å²) in [5.74, 6) is -0.0389. The third-order valence-electron chi connectivity index (χ3n) is 4.82. The van der Waals surface area contributed by atoms with Gasteiger partial charge in [0.25, 0.3) is 0 Å². The molecule has 150 valence electrons. The van der Waals surface area contributed by atoms with Crippen LogP contribution in [-0.2, 0) is 21.7 Å². The second-order valence-corrected chi connectivity index (χ2v) is 6.90. The van der Waals surface area contributed by atoms with Crippen LogP contribution in [0.4, 0.5) is 5.69 Å². The normalized spacial score (nSPS) is 16.0. The van der Waals surface area contributed by atoms with Crippen LogP contribution >= 0.6 is 0 Å². The van der Waals surface area contributed by atoms with Gasteiger partial charge in [-0.05, 0) is 57.4 Å². The maximum absolute atomic E-state index is 8.82. The molecule has 0 unspecified atom stereocenters. The molecule has 1 aliphatic rings. The van der Waals surface area contributed by atoms with Gasteiger partial charge in [0.15, 0.2) is 0 Å². The van der Waals surface area contributed by atoms with Crippen molar-refractivity contribution in [2.45, 2.75) is 39.4 Å². The summed E-state index contributed by atoms with van der Waals surface area (Å²) >= 11 is 0. The summed E-state index contributed by atoms with van der Waals surface area (Å²) in [4.78, 5) is 0. The van der Waals surface area contributed by atoms with Gasteiger partial charge in [-0.2, -0.15) is 5.10 Å². The lowest BCUT2D eigenvalue weighted by Gasteiger charge is -2.20. The Morgan fingerprint density at radius 3 is 2.68 bits per heavy atom. The Kier molecular flexibility index (Phi) is 6.11. The van der Waals surface area contributed by atoms with Gasteiger partial charge in [0.1, 0.15) is 11.4 Å². The van der Waals surface area contributed by atoms with E-state index in [1.54, 1.807) is 0 Å². The van der Waals surface area contributed by atoms with Gasteiger partial charge < -0.3 is 25.2 Å². The summed E-state index contributed by atoms with van der Waals surface area (Å²) < 4.78 is 17.2. The largest absolute Gasteiger partial charge is 0.493 e. The van der Waals surface area contributed by atoms with Crippen molar-refractivity contribution in [3.63, 3.8) is 0 Å². The van der Waals surface area contributed by atoms with Crippen molar-refractivity contribution in [3.8, 4) is 5.75 Å². The second-order valence-electron chi connectivity index (χ2n) is 6.90. The molecule has 1 aromatic carbocycles. The molecule has 0 atom stereocenters. The zero-order valence-electron chi connectivity index (χ0n) is 16.4. The quantitative estimate of drug-likeness (QED) is 0.247. The van der Waals surface area contributed by atoms with Crippen molar-refractivity contribution in [2.75, 3.05) is 25.6 Å². The van der Waals surface area contributed by atoms with Gasteiger partial charge in [-0.25, -0.2) is 0 Å². The van der Waals surface area contributed by atoms with E-state index in [0.29, 0.717) is 36.8 Å². The molecule has 8 heteroatoms. The summed E-state index contributed by atoms with van der Waals surface area (Å²) in [5.41, 5.74) is 10.6. The predicted molar refractivity (Wildman–Crippen MR) is 105 cm³/mol. The van der Waals surface area contributed by atoms with Crippen molar-refractivity contribution in [1.82, 2.24) is 10.2 Å². The number of hydrogen-bond acceptors (Lipinski definition) is 8. The van der Waals surface area contributed by atoms with E-state index < -0.39 is 5.79 Å². The molecule has 8 nitrogen and oxygen atoms in total. The maximum Gasteiger partial charge on any atom is 0.211 e. The first-order valence-corrected chi connectivity index (χ1v) is 9.25. The van der Waals surface area contributed by atoms with E-state index in [1.807, 2.05) is 39.0 Å². The van der Waals surface area contributed by atoms with Gasteiger partial charge in [-0.1, -0.05) is 5.16 Å². The van der Waals surface area contributed by atoms with Gasteiger partial charge in [-0.15, -0.1) is 5.10 Å². The fraction of sp³-hybridized carbons (Fsp3) is 0.450. The number of hydrogen-bond donors (Lipinski definition) is 2. The molecule has 2 heterocycles. The summed E-state index contributed by atoms with van der Waals surface area (Å²) in [6.45, 7) is 7.34. The van der Waals surface area contributed by atoms with Crippen LogP contribution in [0.3, 0.4) is 0 Å². The first kappa shape index (κ1) is 20.0. The number of aromatic nitrogens is 2. The number of nitrogens with two attached hydrogens (primary N) is 1. The lowest BCUT2D eigenvalue weighted by molar-refractivity contribution is -0.153. The van der Waals surface area contributed by atoms with Crippen molar-refractivity contribution >= 4 is 11.9 Å². The summed E-state index contributed by atoms with van der Waals surface area (Å²) in [5, 5.41) is 20.4. The molecule has 0 aliphatic carbocycles. The third-order valence-corrected chi connectivity index (χ3v) is 4.82. The van der Waals surface area contributed by atoms with E-state index in [0.717, 1.165) is 35.4 Å². The van der Waals surface area contributed by atoms with Crippen molar-refractivity contribution < 1.29 is 19.4 Å². The van der Waals surface area contributed by atoms with E-state index in [-0.39, 0.29) is 0 Å². The van der Waals surface area contributed by atoms with Gasteiger partial charge in [0.2, 0.25) is 5.79 Å². The number of aryl methyl sites for hydroxylation is 2. The van der Waals surface area contributed by atoms with Crippen LogP contribution in [0.5, 0.6) is 5.75 Å². The Balaban J connectivity index is 1.57. The number of nitrogen functional groups attached to an aromatic ring is 1. The Labute approximate surface area is 164 Å². The fourth-order valence-corrected chi connectivity index (χ4v) is 3.29. The molecule has 3 N–H and O–H groups in total. The Morgan fingerprint density at radius 1 is 1.29 bits per heavy atom. The lowest BCUT2D eigenvalue weighted by atomic mass is 10.0. The van der Waals surface area contributed by atoms with Gasteiger partial charge in [0, 0.05) is 16.8 Å². The zero-order valence-corrected chi connectivity index (χ0v) is 16.4. The van der Waals surface area contributed by atoms with Crippen molar-refractivity contribution in [2.24, 2.45) is 5.16 Å². The van der Waals surface area contributed by atoms with Crippen molar-refractivity contribution in [1.29, 1.82) is 0 Å². The number of oxime groups is 1. The zero-order chi connectivity index (χ0) is 20.1. The molecule has 0 radical (unpaired) electrons. The van der Waals surface area contributed by atoms with Crippen LogP contribution < -0.4 is 10.5 Å². The molecule has 2 aromatic rings. The number of rotatable bonds is 7. The molecule has 1 saturated heterocycles. The standard InChI is InChI=1S/C20H26N4O4/c1-13-11-17(21)16(12-22-25)14(2)19(13)26-8-4-5-15-6-7-18(24-23-15)20(3)27-9-10-28-20/h6-7,11-12,25H,4-5,8-10,21H2,1-3H3. The molecule has 0 spiro atoms. The fourth-order valence-electron chi connectivity index (χ4n) is 3.29. The number of nitrogens with zero attached hydrogens (tertiary/aromatic N) is 3. The Hall–Kier alpha value is -2.71. The minimum atomic E-state index is -0.797. The molecule has 0 amide bonds. The molecule has 1 aromatic heterocycles. The lowest BCUT2D eigenvalue weighted by Crippen LogP contribution is -2.24. The highest BCUT2D eigenvalue weighted by atomic mass is 16.7. The van der Waals surface area contributed by atoms with Gasteiger partial charge >= 0.3 is 0 Å². The molecule has 3 rings (SSSR count). The minimum Gasteiger partial charge on any atom is -0.493 e. The second kappa shape index (κ2) is 8.53. The van der Waals surface area contributed by atoms with Crippen molar-refractivity contribution in [3.05, 3.63) is 46.3 Å². The van der Waals surface area contributed by atoms with Crippen LogP contribution in [0.25, 0.3) is 0 Å². The average Bonchev–Trinajstić information content (AvgIpc) is 3.12. The van der Waals surface area contributed by atoms with E-state index in [9.17, 15) is 0 Å². The number of benzene rings is 1. The summed E-state index contributed by atoms with van der Waals surface area (Å²) in [7, 11) is 0. The number of ether oxygens (including phenoxy) is 3. The highest BCUT2D eigenvalue weighted by molar-refractivity contribution is 5.90. The third kappa shape index (κ3) is 4.23. The predicted octanol–water partition coefficient (Wildman–Crippen LogP) is 2.71. The molecule has 1 fully saturated rings. The summed E-state index contributed by atoms with van der Waals surface area (Å²) in [6, 6.07) is 5.65. The van der Waals surface area contributed by atoms with Crippen LogP contribution in [0.2, 0.25) is 0 Å². The first-order chi connectivity index (χ1) is 13.4. The van der Waals surface area contributed by atoms with Crippen LogP contribution in [0, 0.1) is 13.8 Å². The monoisotopic (exact) mass is 386 g/mol. The molecular weight excluding hydrogens is 360 g/mol. The van der Waals surface area contributed by atoms with E-state index in [4.69, 9.17) is 25.2 Å². The van der Waals surface area contributed by atoms with Gasteiger partial charge in [0.05, 0.1) is 31.7 Å². The van der Waals surface area contributed by atoms with Gasteiger partial charge in [-0.3, -0.25) is 0 Å². The summed E-state index contributed by atoms with van der Waals surface area (Å²) in [6.07, 6.45) is 2.85. The van der Waals surface area contributed by atoms with Crippen LogP contribution in [0.1, 0.15) is 41.4 Å². The Bertz CT molecular complexity index is 846. The van der Waals surface area contributed by atoms with E-state index in [1.165, 1.54) is 6.21 Å². The molecule has 1 aliphatic heterocycles. The molecular formula is C20H26N4O4. The van der Waals surface area contributed by atoms with Crippen LogP contribution in [0.15, 0.2) is 23.4 Å². The molecule has 0 saturated carbocycles. The number of anilines is 1. The minimum absolute atomic E-state index is 0.522. The topological polar surface area (TPSA) is 112 Å². The van der Waals surface area contributed by atoms with E-state index in [2.05, 4.69) is 15.4 Å². The van der Waals surface area contributed by atoms with Crippen LogP contribution in [-0.4, -0.2) is 41.4 Å². The maximum atomic E-state index is 8.82. The molecule has 28 heavy (non-hydrogen) atoms. The first-order valence-electron chi connectivity index (χ1n) is 9.25. The SMILES string of the molecule is Cc1cc(N)c(C=NO)c(C)c1OCCCc1ccc(C2(C)OCCO2)nn1. The Morgan fingerprint density at radius 2 is 2.04 bits per heavy atom.